The number of aryl methyl sites for hydroxylation is 1. The maximum atomic E-state index is 15.0. The maximum Gasteiger partial charge on any atom is 0.293 e. The van der Waals surface area contributed by atoms with Gasteiger partial charge in [-0.25, -0.2) is 4.39 Å². The first-order valence-electron chi connectivity index (χ1n) is 11.0. The van der Waals surface area contributed by atoms with Crippen LogP contribution in [0.1, 0.15) is 22.5 Å². The molecule has 1 unspecified atom stereocenters. The number of rotatable bonds is 6. The van der Waals surface area contributed by atoms with Crippen molar-refractivity contribution in [3.8, 4) is 11.3 Å². The van der Waals surface area contributed by atoms with Crippen molar-refractivity contribution in [1.82, 2.24) is 4.90 Å². The maximum absolute atomic E-state index is 15.0. The molecule has 1 aromatic heterocycles. The van der Waals surface area contributed by atoms with Crippen LogP contribution >= 0.6 is 0 Å². The standard InChI is InChI=1S/C25H29FN4O4/c1-16-5-7-19(22(13-16)30(32)33)23-9-10-24(34-23)25(31)28(4)17-6-8-21(20(26)14-17)29-12-11-18(15-29)27(2)3/h5-10,13-14,18,32-33H,11-12,15H2,1-4H3. The molecule has 1 aliphatic heterocycles. The quantitative estimate of drug-likeness (QED) is 0.519. The number of amides is 1. The number of halogens is 1. The van der Waals surface area contributed by atoms with E-state index in [0.29, 0.717) is 28.7 Å². The van der Waals surface area contributed by atoms with Crippen LogP contribution in [-0.2, 0) is 0 Å². The number of anilines is 3. The average molecular weight is 469 g/mol. The van der Waals surface area contributed by atoms with Crippen molar-refractivity contribution in [3.05, 3.63) is 65.7 Å². The minimum atomic E-state index is -0.453. The van der Waals surface area contributed by atoms with Crippen molar-refractivity contribution in [1.29, 1.82) is 0 Å². The second kappa shape index (κ2) is 9.46. The number of hydrogen-bond donors (Lipinski definition) is 2. The SMILES string of the molecule is Cc1ccc(-c2ccc(C(=O)N(C)c3ccc(N4CCC(N(C)C)C4)c(F)c3)o2)c(N(O)O)c1. The summed E-state index contributed by atoms with van der Waals surface area (Å²) in [6.45, 7) is 3.36. The van der Waals surface area contributed by atoms with E-state index in [9.17, 15) is 19.6 Å². The molecule has 1 amide bonds. The number of benzene rings is 2. The van der Waals surface area contributed by atoms with Crippen molar-refractivity contribution >= 4 is 23.0 Å². The fraction of sp³-hybridized carbons (Fsp3) is 0.320. The van der Waals surface area contributed by atoms with E-state index >= 15 is 0 Å². The summed E-state index contributed by atoms with van der Waals surface area (Å²) in [6, 6.07) is 13.3. The van der Waals surface area contributed by atoms with Gasteiger partial charge < -0.3 is 19.1 Å². The molecule has 0 bridgehead atoms. The van der Waals surface area contributed by atoms with Crippen LogP contribution in [0, 0.1) is 12.7 Å². The van der Waals surface area contributed by atoms with Gasteiger partial charge in [0.05, 0.1) is 5.69 Å². The number of carbonyl (C=O) groups excluding carboxylic acids is 1. The molecule has 34 heavy (non-hydrogen) atoms. The highest BCUT2D eigenvalue weighted by molar-refractivity contribution is 6.04. The molecule has 180 valence electrons. The van der Waals surface area contributed by atoms with Crippen LogP contribution in [0.25, 0.3) is 11.3 Å². The van der Waals surface area contributed by atoms with E-state index in [-0.39, 0.29) is 22.5 Å². The largest absolute Gasteiger partial charge is 0.451 e. The minimum Gasteiger partial charge on any atom is -0.451 e. The molecule has 8 nitrogen and oxygen atoms in total. The Balaban J connectivity index is 1.53. The molecule has 0 radical (unpaired) electrons. The zero-order valence-electron chi connectivity index (χ0n) is 19.7. The third-order valence-corrected chi connectivity index (χ3v) is 6.31. The molecular weight excluding hydrogens is 439 g/mol. The molecule has 1 saturated heterocycles. The highest BCUT2D eigenvalue weighted by Gasteiger charge is 2.27. The second-order valence-electron chi connectivity index (χ2n) is 8.83. The van der Waals surface area contributed by atoms with Gasteiger partial charge in [0.15, 0.2) is 5.76 Å². The molecule has 2 N–H and O–H groups in total. The smallest absolute Gasteiger partial charge is 0.293 e. The molecular formula is C25H29FN4O4. The first kappa shape index (κ1) is 23.7. The number of furan rings is 1. The van der Waals surface area contributed by atoms with Crippen molar-refractivity contribution in [2.24, 2.45) is 0 Å². The Kier molecular flexibility index (Phi) is 6.60. The Morgan fingerprint density at radius 2 is 1.85 bits per heavy atom. The fourth-order valence-corrected chi connectivity index (χ4v) is 4.24. The average Bonchev–Trinajstić information content (AvgIpc) is 3.48. The summed E-state index contributed by atoms with van der Waals surface area (Å²) in [6.07, 6.45) is 0.973. The Morgan fingerprint density at radius 1 is 1.09 bits per heavy atom. The molecule has 1 atom stereocenters. The molecule has 9 heteroatoms. The van der Waals surface area contributed by atoms with Crippen LogP contribution in [0.2, 0.25) is 0 Å². The molecule has 2 aromatic carbocycles. The lowest BCUT2D eigenvalue weighted by Crippen LogP contribution is -2.31. The van der Waals surface area contributed by atoms with Gasteiger partial charge >= 0.3 is 0 Å². The number of nitrogens with zero attached hydrogens (tertiary/aromatic N) is 4. The molecule has 0 saturated carbocycles. The summed E-state index contributed by atoms with van der Waals surface area (Å²) < 4.78 is 20.7. The highest BCUT2D eigenvalue weighted by atomic mass is 19.1. The van der Waals surface area contributed by atoms with Gasteiger partial charge in [-0.1, -0.05) is 6.07 Å². The van der Waals surface area contributed by atoms with E-state index in [0.717, 1.165) is 25.1 Å². The van der Waals surface area contributed by atoms with Gasteiger partial charge in [0.25, 0.3) is 5.91 Å². The zero-order chi connectivity index (χ0) is 24.6. The normalized spacial score (nSPS) is 15.8. The lowest BCUT2D eigenvalue weighted by Gasteiger charge is -2.23. The van der Waals surface area contributed by atoms with E-state index < -0.39 is 5.91 Å². The topological polar surface area (TPSA) is 83.6 Å². The molecule has 0 aliphatic carbocycles. The highest BCUT2D eigenvalue weighted by Crippen LogP contribution is 2.33. The van der Waals surface area contributed by atoms with E-state index in [2.05, 4.69) is 4.90 Å². The minimum absolute atomic E-state index is 0.0178. The van der Waals surface area contributed by atoms with E-state index in [4.69, 9.17) is 4.42 Å². The number of carbonyl (C=O) groups is 1. The Bertz CT molecular complexity index is 1190. The molecule has 1 aliphatic rings. The monoisotopic (exact) mass is 468 g/mol. The first-order valence-corrected chi connectivity index (χ1v) is 11.0. The van der Waals surface area contributed by atoms with Crippen LogP contribution in [-0.4, -0.2) is 61.5 Å². The molecule has 3 aromatic rings. The summed E-state index contributed by atoms with van der Waals surface area (Å²) in [7, 11) is 5.60. The van der Waals surface area contributed by atoms with Crippen molar-refractivity contribution in [2.45, 2.75) is 19.4 Å². The molecule has 0 spiro atoms. The lowest BCUT2D eigenvalue weighted by atomic mass is 10.1. The van der Waals surface area contributed by atoms with Crippen molar-refractivity contribution < 1.29 is 24.0 Å². The van der Waals surface area contributed by atoms with Gasteiger partial charge in [0.1, 0.15) is 17.3 Å². The van der Waals surface area contributed by atoms with Gasteiger partial charge in [0.2, 0.25) is 0 Å². The van der Waals surface area contributed by atoms with Crippen LogP contribution in [0.5, 0.6) is 0 Å². The van der Waals surface area contributed by atoms with E-state index in [1.165, 1.54) is 17.0 Å². The summed E-state index contributed by atoms with van der Waals surface area (Å²) in [4.78, 5) is 18.5. The fourth-order valence-electron chi connectivity index (χ4n) is 4.24. The van der Waals surface area contributed by atoms with Crippen LogP contribution < -0.4 is 15.0 Å². The predicted octanol–water partition coefficient (Wildman–Crippen LogP) is 4.40. The van der Waals surface area contributed by atoms with E-state index in [1.807, 2.05) is 25.9 Å². The van der Waals surface area contributed by atoms with Crippen molar-refractivity contribution in [3.63, 3.8) is 0 Å². The van der Waals surface area contributed by atoms with E-state index in [1.54, 1.807) is 43.4 Å². The zero-order valence-corrected chi connectivity index (χ0v) is 19.7. The molecule has 4 rings (SSSR count). The van der Waals surface area contributed by atoms with Crippen LogP contribution in [0.4, 0.5) is 21.5 Å². The van der Waals surface area contributed by atoms with Crippen LogP contribution in [0.3, 0.4) is 0 Å². The van der Waals surface area contributed by atoms with Gasteiger partial charge in [-0.2, -0.15) is 0 Å². The summed E-state index contributed by atoms with van der Waals surface area (Å²) in [5.41, 5.74) is 2.29. The lowest BCUT2D eigenvalue weighted by molar-refractivity contribution is 0.0294. The Labute approximate surface area is 197 Å². The summed E-state index contributed by atoms with van der Waals surface area (Å²) in [5, 5.41) is 19.1. The second-order valence-corrected chi connectivity index (χ2v) is 8.83. The molecule has 1 fully saturated rings. The third-order valence-electron chi connectivity index (χ3n) is 6.31. The number of likely N-dealkylation sites (N-methyl/N-ethyl adjacent to an activating group) is 1. The van der Waals surface area contributed by atoms with Gasteiger partial charge in [-0.15, -0.1) is 5.23 Å². The van der Waals surface area contributed by atoms with Crippen molar-refractivity contribution in [2.75, 3.05) is 49.3 Å². The number of hydrogen-bond acceptors (Lipinski definition) is 7. The van der Waals surface area contributed by atoms with Gasteiger partial charge in [0, 0.05) is 37.4 Å². The Morgan fingerprint density at radius 3 is 2.50 bits per heavy atom. The van der Waals surface area contributed by atoms with Crippen LogP contribution in [0.15, 0.2) is 52.9 Å². The van der Waals surface area contributed by atoms with Gasteiger partial charge in [-0.3, -0.25) is 15.2 Å². The third kappa shape index (κ3) is 4.63. The summed E-state index contributed by atoms with van der Waals surface area (Å²) in [5.74, 6) is -0.493. The van der Waals surface area contributed by atoms with Gasteiger partial charge in [-0.05, 0) is 75.5 Å². The Hall–Kier alpha value is -3.40. The predicted molar refractivity (Wildman–Crippen MR) is 128 cm³/mol. The summed E-state index contributed by atoms with van der Waals surface area (Å²) >= 11 is 0. The first-order chi connectivity index (χ1) is 16.2. The molecule has 2 heterocycles.